The molecule has 0 radical (unpaired) electrons. The molecule has 0 aliphatic heterocycles. The van der Waals surface area contributed by atoms with Gasteiger partial charge in [0.05, 0.1) is 23.7 Å². The fourth-order valence-electron chi connectivity index (χ4n) is 3.36. The molecule has 1 aliphatic carbocycles. The third-order valence-corrected chi connectivity index (χ3v) is 6.38. The van der Waals surface area contributed by atoms with Crippen molar-refractivity contribution in [2.24, 2.45) is 5.10 Å². The van der Waals surface area contributed by atoms with E-state index in [1.165, 1.54) is 35.9 Å². The molecule has 144 valence electrons. The van der Waals surface area contributed by atoms with Gasteiger partial charge in [-0.3, -0.25) is 4.79 Å². The van der Waals surface area contributed by atoms with Crippen LogP contribution >= 0.6 is 22.9 Å². The van der Waals surface area contributed by atoms with Gasteiger partial charge in [0, 0.05) is 15.8 Å². The Kier molecular flexibility index (Phi) is 5.59. The van der Waals surface area contributed by atoms with E-state index in [-0.39, 0.29) is 5.91 Å². The topological polar surface area (TPSA) is 63.6 Å². The first-order chi connectivity index (χ1) is 13.6. The predicted molar refractivity (Wildman–Crippen MR) is 114 cm³/mol. The third-order valence-electron chi connectivity index (χ3n) is 4.84. The van der Waals surface area contributed by atoms with Crippen molar-refractivity contribution in [2.75, 3.05) is 7.11 Å². The number of hydrazone groups is 1. The first kappa shape index (κ1) is 18.9. The summed E-state index contributed by atoms with van der Waals surface area (Å²) in [5.74, 6) is 0.547. The van der Waals surface area contributed by atoms with Crippen LogP contribution in [-0.4, -0.2) is 24.2 Å². The number of thiophene rings is 1. The molecule has 7 heteroatoms. The highest BCUT2D eigenvalue weighted by Gasteiger charge is 2.16. The van der Waals surface area contributed by atoms with Gasteiger partial charge in [-0.25, -0.2) is 10.4 Å². The van der Waals surface area contributed by atoms with Gasteiger partial charge in [-0.1, -0.05) is 18.0 Å². The smallest absolute Gasteiger partial charge is 0.281 e. The lowest BCUT2D eigenvalue weighted by Crippen LogP contribution is -2.16. The fourth-order valence-corrected chi connectivity index (χ4v) is 4.70. The summed E-state index contributed by atoms with van der Waals surface area (Å²) in [6, 6.07) is 9.45. The molecule has 0 fully saturated rings. The number of aryl methyl sites for hydroxylation is 2. The molecule has 1 aliphatic rings. The standard InChI is InChI=1S/C21H20ClN3O2S/c1-27-16-7-8-17-14(10-16)9-15(20(22)24-17)12-23-25-21(26)19-11-13-5-3-2-4-6-18(13)28-19/h7-12H,2-6H2,1H3,(H,25,26)/b23-12-. The molecule has 1 amide bonds. The Balaban J connectivity index is 1.49. The van der Waals surface area contributed by atoms with Crippen molar-refractivity contribution in [3.63, 3.8) is 0 Å². The highest BCUT2D eigenvalue weighted by molar-refractivity contribution is 7.14. The summed E-state index contributed by atoms with van der Waals surface area (Å²) in [6.07, 6.45) is 7.30. The Bertz CT molecular complexity index is 1040. The largest absolute Gasteiger partial charge is 0.497 e. The molecule has 4 rings (SSSR count). The SMILES string of the molecule is COc1ccc2nc(Cl)c(/C=N\NC(=O)c3cc4c(s3)CCCCC4)cc2c1. The van der Waals surface area contributed by atoms with Gasteiger partial charge in [0.2, 0.25) is 0 Å². The van der Waals surface area contributed by atoms with Gasteiger partial charge in [-0.15, -0.1) is 11.3 Å². The van der Waals surface area contributed by atoms with Gasteiger partial charge in [-0.2, -0.15) is 5.10 Å². The van der Waals surface area contributed by atoms with Crippen LogP contribution in [-0.2, 0) is 12.8 Å². The Morgan fingerprint density at radius 3 is 2.96 bits per heavy atom. The van der Waals surface area contributed by atoms with Crippen molar-refractivity contribution in [3.05, 3.63) is 56.4 Å². The van der Waals surface area contributed by atoms with Crippen molar-refractivity contribution in [3.8, 4) is 5.75 Å². The molecule has 0 saturated heterocycles. The number of amides is 1. The van der Waals surface area contributed by atoms with E-state index in [1.807, 2.05) is 30.3 Å². The number of nitrogens with one attached hydrogen (secondary N) is 1. The minimum absolute atomic E-state index is 0.194. The van der Waals surface area contributed by atoms with Crippen LogP contribution in [0.2, 0.25) is 5.15 Å². The van der Waals surface area contributed by atoms with Crippen LogP contribution in [0.4, 0.5) is 0 Å². The monoisotopic (exact) mass is 413 g/mol. The van der Waals surface area contributed by atoms with Gasteiger partial charge in [0.15, 0.2) is 0 Å². The molecule has 1 N–H and O–H groups in total. The molecule has 1 aromatic carbocycles. The van der Waals surface area contributed by atoms with Crippen LogP contribution in [0.25, 0.3) is 10.9 Å². The first-order valence-corrected chi connectivity index (χ1v) is 10.4. The lowest BCUT2D eigenvalue weighted by Gasteiger charge is -2.04. The Morgan fingerprint density at radius 1 is 1.25 bits per heavy atom. The zero-order valence-electron chi connectivity index (χ0n) is 15.5. The quantitative estimate of drug-likeness (QED) is 0.283. The molecule has 0 saturated carbocycles. The number of fused-ring (bicyclic) bond motifs is 2. The van der Waals surface area contributed by atoms with E-state index in [4.69, 9.17) is 16.3 Å². The molecule has 0 spiro atoms. The van der Waals surface area contributed by atoms with Crippen molar-refractivity contribution in [2.45, 2.75) is 32.1 Å². The number of pyridine rings is 1. The highest BCUT2D eigenvalue weighted by Crippen LogP contribution is 2.29. The number of hydrogen-bond acceptors (Lipinski definition) is 5. The highest BCUT2D eigenvalue weighted by atomic mass is 35.5. The molecule has 3 aromatic rings. The van der Waals surface area contributed by atoms with Crippen LogP contribution in [0, 0.1) is 0 Å². The van der Waals surface area contributed by atoms with Crippen molar-refractivity contribution in [1.82, 2.24) is 10.4 Å². The van der Waals surface area contributed by atoms with Gasteiger partial charge in [0.25, 0.3) is 5.91 Å². The molecule has 0 bridgehead atoms. The van der Waals surface area contributed by atoms with E-state index in [2.05, 4.69) is 15.5 Å². The van der Waals surface area contributed by atoms with E-state index < -0.39 is 0 Å². The second-order valence-electron chi connectivity index (χ2n) is 6.75. The molecule has 0 atom stereocenters. The number of benzene rings is 1. The van der Waals surface area contributed by atoms with Gasteiger partial charge < -0.3 is 4.74 Å². The van der Waals surface area contributed by atoms with Crippen LogP contribution in [0.1, 0.15) is 44.9 Å². The number of rotatable bonds is 4. The normalized spacial score (nSPS) is 14.1. The fraction of sp³-hybridized carbons (Fsp3) is 0.286. The molecule has 5 nitrogen and oxygen atoms in total. The molecule has 2 aromatic heterocycles. The maximum atomic E-state index is 12.4. The number of carbonyl (C=O) groups excluding carboxylic acids is 1. The van der Waals surface area contributed by atoms with Gasteiger partial charge in [0.1, 0.15) is 10.9 Å². The number of nitrogens with zero attached hydrogens (tertiary/aromatic N) is 2. The summed E-state index contributed by atoms with van der Waals surface area (Å²) in [5, 5.41) is 5.30. The van der Waals surface area contributed by atoms with Gasteiger partial charge in [-0.05, 0) is 61.6 Å². The minimum atomic E-state index is -0.194. The predicted octanol–water partition coefficient (Wildman–Crippen LogP) is 4.99. The maximum Gasteiger partial charge on any atom is 0.281 e. The Labute approximate surface area is 172 Å². The average molecular weight is 414 g/mol. The van der Waals surface area contributed by atoms with Crippen LogP contribution in [0.15, 0.2) is 35.4 Å². The van der Waals surface area contributed by atoms with E-state index in [9.17, 15) is 4.79 Å². The molecule has 0 unspecified atom stereocenters. The number of halogens is 1. The average Bonchev–Trinajstić information content (AvgIpc) is 2.98. The molecule has 2 heterocycles. The van der Waals surface area contributed by atoms with E-state index in [1.54, 1.807) is 18.4 Å². The summed E-state index contributed by atoms with van der Waals surface area (Å²) >= 11 is 7.82. The van der Waals surface area contributed by atoms with E-state index in [0.717, 1.165) is 29.5 Å². The lowest BCUT2D eigenvalue weighted by atomic mass is 10.1. The van der Waals surface area contributed by atoms with Gasteiger partial charge >= 0.3 is 0 Å². The Hall–Kier alpha value is -2.44. The lowest BCUT2D eigenvalue weighted by molar-refractivity contribution is 0.0959. The van der Waals surface area contributed by atoms with E-state index >= 15 is 0 Å². The first-order valence-electron chi connectivity index (χ1n) is 9.23. The number of ether oxygens (including phenoxy) is 1. The summed E-state index contributed by atoms with van der Waals surface area (Å²) in [5.41, 5.74) is 5.31. The molecular formula is C21H20ClN3O2S. The second kappa shape index (κ2) is 8.29. The summed E-state index contributed by atoms with van der Waals surface area (Å²) < 4.78 is 5.25. The number of methoxy groups -OCH3 is 1. The zero-order valence-corrected chi connectivity index (χ0v) is 17.1. The summed E-state index contributed by atoms with van der Waals surface area (Å²) in [4.78, 5) is 18.8. The van der Waals surface area contributed by atoms with Crippen LogP contribution in [0.5, 0.6) is 5.75 Å². The zero-order chi connectivity index (χ0) is 19.5. The number of hydrogen-bond donors (Lipinski definition) is 1. The van der Waals surface area contributed by atoms with Crippen molar-refractivity contribution >= 4 is 46.0 Å². The Morgan fingerprint density at radius 2 is 2.11 bits per heavy atom. The number of aromatic nitrogens is 1. The summed E-state index contributed by atoms with van der Waals surface area (Å²) in [7, 11) is 1.62. The van der Waals surface area contributed by atoms with Crippen molar-refractivity contribution < 1.29 is 9.53 Å². The molecular weight excluding hydrogens is 394 g/mol. The number of carbonyl (C=O) groups is 1. The minimum Gasteiger partial charge on any atom is -0.497 e. The molecule has 28 heavy (non-hydrogen) atoms. The second-order valence-corrected chi connectivity index (χ2v) is 8.24. The maximum absolute atomic E-state index is 12.4. The van der Waals surface area contributed by atoms with Crippen LogP contribution < -0.4 is 10.2 Å². The van der Waals surface area contributed by atoms with E-state index in [0.29, 0.717) is 15.6 Å². The third kappa shape index (κ3) is 4.03. The summed E-state index contributed by atoms with van der Waals surface area (Å²) in [6.45, 7) is 0. The van der Waals surface area contributed by atoms with Crippen molar-refractivity contribution in [1.29, 1.82) is 0 Å². The van der Waals surface area contributed by atoms with Crippen LogP contribution in [0.3, 0.4) is 0 Å².